The van der Waals surface area contributed by atoms with Crippen LogP contribution < -0.4 is 16.4 Å². The van der Waals surface area contributed by atoms with Crippen molar-refractivity contribution in [2.45, 2.75) is 31.7 Å². The molecule has 1 aliphatic carbocycles. The van der Waals surface area contributed by atoms with Gasteiger partial charge >= 0.3 is 6.09 Å². The summed E-state index contributed by atoms with van der Waals surface area (Å²) in [6, 6.07) is 16.2. The largest absolute Gasteiger partial charge is 0.449 e. The molecule has 0 heterocycles. The van der Waals surface area contributed by atoms with Gasteiger partial charge in [-0.25, -0.2) is 4.79 Å². The molecule has 0 saturated carbocycles. The number of rotatable bonds is 9. The molecule has 30 heavy (non-hydrogen) atoms. The Bertz CT molecular complexity index is 847. The number of fused-ring (bicyclic) bond motifs is 3. The van der Waals surface area contributed by atoms with Crippen LogP contribution in [0.4, 0.5) is 4.79 Å². The van der Waals surface area contributed by atoms with Crippen molar-refractivity contribution in [3.63, 3.8) is 0 Å². The number of carbonyl (C=O) groups is 2. The smallest absolute Gasteiger partial charge is 0.407 e. The van der Waals surface area contributed by atoms with Crippen LogP contribution in [0.2, 0.25) is 0 Å². The molecule has 0 unspecified atom stereocenters. The molecule has 160 valence electrons. The molecule has 3 rings (SSSR count). The summed E-state index contributed by atoms with van der Waals surface area (Å²) in [5.41, 5.74) is 10.2. The summed E-state index contributed by atoms with van der Waals surface area (Å²) >= 11 is 0. The Labute approximate surface area is 176 Å². The van der Waals surface area contributed by atoms with Gasteiger partial charge in [-0.1, -0.05) is 48.5 Å². The van der Waals surface area contributed by atoms with Gasteiger partial charge < -0.3 is 25.8 Å². The van der Waals surface area contributed by atoms with Crippen molar-refractivity contribution in [2.24, 2.45) is 5.73 Å². The van der Waals surface area contributed by atoms with E-state index in [1.165, 1.54) is 11.1 Å². The van der Waals surface area contributed by atoms with Crippen LogP contribution >= 0.6 is 0 Å². The summed E-state index contributed by atoms with van der Waals surface area (Å²) in [4.78, 5) is 23.9. The first-order chi connectivity index (χ1) is 14.3. The van der Waals surface area contributed by atoms with Gasteiger partial charge in [0.1, 0.15) is 19.9 Å². The molecule has 7 nitrogen and oxygen atoms in total. The number of alkyl carbamates (subject to hydrolysis) is 1. The summed E-state index contributed by atoms with van der Waals surface area (Å²) in [6.07, 6.45) is 0.0544. The zero-order chi connectivity index (χ0) is 21.6. The van der Waals surface area contributed by atoms with Crippen LogP contribution in [0.15, 0.2) is 48.5 Å². The van der Waals surface area contributed by atoms with Gasteiger partial charge in [-0.3, -0.25) is 4.79 Å². The number of hydrogen-bond donors (Lipinski definition) is 3. The normalized spacial score (nSPS) is 12.8. The molecule has 0 fully saturated rings. The molecule has 2 aromatic carbocycles. The third-order valence-corrected chi connectivity index (χ3v) is 5.00. The van der Waals surface area contributed by atoms with Crippen molar-refractivity contribution in [1.82, 2.24) is 10.6 Å². The molecule has 0 aliphatic heterocycles. The number of hydrogen-bond acceptors (Lipinski definition) is 5. The molecule has 0 atom stereocenters. The van der Waals surface area contributed by atoms with Crippen molar-refractivity contribution in [3.05, 3.63) is 59.7 Å². The maximum absolute atomic E-state index is 12.1. The van der Waals surface area contributed by atoms with Gasteiger partial charge in [-0.05, 0) is 42.5 Å². The van der Waals surface area contributed by atoms with Gasteiger partial charge in [0.15, 0.2) is 0 Å². The molecule has 0 spiro atoms. The van der Waals surface area contributed by atoms with Gasteiger partial charge in [0.25, 0.3) is 0 Å². The standard InChI is InChI=1S/C23H29N3O4/c1-23(2,24)11-12-29-15-26-21(27)13-25-22(28)30-14-20-18-9-5-3-7-16(18)17-8-4-6-10-19(17)20/h3-10,20H,11-15,24H2,1-2H3,(H,25,28)(H,26,27). The number of amides is 2. The van der Waals surface area contributed by atoms with Gasteiger partial charge in [0.2, 0.25) is 5.91 Å². The second kappa shape index (κ2) is 9.73. The second-order valence-electron chi connectivity index (χ2n) is 8.07. The topological polar surface area (TPSA) is 103 Å². The summed E-state index contributed by atoms with van der Waals surface area (Å²) < 4.78 is 10.7. The molecule has 0 radical (unpaired) electrons. The summed E-state index contributed by atoms with van der Waals surface area (Å²) in [5, 5.41) is 5.05. The Morgan fingerprint density at radius 3 is 2.20 bits per heavy atom. The third kappa shape index (κ3) is 5.81. The fourth-order valence-electron chi connectivity index (χ4n) is 3.40. The van der Waals surface area contributed by atoms with Crippen molar-refractivity contribution in [2.75, 3.05) is 26.5 Å². The molecule has 2 aromatic rings. The van der Waals surface area contributed by atoms with Crippen LogP contribution in [0.25, 0.3) is 11.1 Å². The summed E-state index contributed by atoms with van der Waals surface area (Å²) in [5.74, 6) is -0.368. The van der Waals surface area contributed by atoms with Crippen LogP contribution in [0.3, 0.4) is 0 Å². The highest BCUT2D eigenvalue weighted by atomic mass is 16.5. The molecule has 4 N–H and O–H groups in total. The maximum Gasteiger partial charge on any atom is 0.407 e. The van der Waals surface area contributed by atoms with Crippen molar-refractivity contribution in [1.29, 1.82) is 0 Å². The molecule has 7 heteroatoms. The first kappa shape index (κ1) is 21.8. The fraction of sp³-hybridized carbons (Fsp3) is 0.391. The molecule has 0 bridgehead atoms. The third-order valence-electron chi connectivity index (χ3n) is 5.00. The summed E-state index contributed by atoms with van der Waals surface area (Å²) in [7, 11) is 0. The predicted molar refractivity (Wildman–Crippen MR) is 115 cm³/mol. The Morgan fingerprint density at radius 2 is 1.60 bits per heavy atom. The van der Waals surface area contributed by atoms with E-state index in [-0.39, 0.29) is 37.2 Å². The Hall–Kier alpha value is -2.90. The molecule has 2 amide bonds. The molecular formula is C23H29N3O4. The van der Waals surface area contributed by atoms with Gasteiger partial charge in [-0.15, -0.1) is 0 Å². The van der Waals surface area contributed by atoms with Gasteiger partial charge in [-0.2, -0.15) is 0 Å². The zero-order valence-corrected chi connectivity index (χ0v) is 17.4. The molecule has 0 aromatic heterocycles. The van der Waals surface area contributed by atoms with E-state index in [0.717, 1.165) is 11.1 Å². The maximum atomic E-state index is 12.1. The lowest BCUT2D eigenvalue weighted by molar-refractivity contribution is -0.121. The van der Waals surface area contributed by atoms with Gasteiger partial charge in [0.05, 0.1) is 6.61 Å². The predicted octanol–water partition coefficient (Wildman–Crippen LogP) is 2.74. The van der Waals surface area contributed by atoms with Crippen LogP contribution in [-0.2, 0) is 14.3 Å². The highest BCUT2D eigenvalue weighted by Crippen LogP contribution is 2.44. The monoisotopic (exact) mass is 411 g/mol. The Morgan fingerprint density at radius 1 is 1.00 bits per heavy atom. The average molecular weight is 412 g/mol. The Kier molecular flexibility index (Phi) is 7.07. The number of benzene rings is 2. The van der Waals surface area contributed by atoms with Crippen LogP contribution in [0, 0.1) is 0 Å². The minimum atomic E-state index is -0.627. The van der Waals surface area contributed by atoms with Crippen LogP contribution in [0.1, 0.15) is 37.3 Å². The van der Waals surface area contributed by atoms with E-state index in [2.05, 4.69) is 34.9 Å². The van der Waals surface area contributed by atoms with Gasteiger partial charge in [0, 0.05) is 11.5 Å². The lowest BCUT2D eigenvalue weighted by Gasteiger charge is -2.18. The SMILES string of the molecule is CC(C)(N)CCOCNC(=O)CNC(=O)OCC1c2ccccc2-c2ccccc21. The minimum absolute atomic E-state index is 0.0165. The lowest BCUT2D eigenvalue weighted by Crippen LogP contribution is -2.39. The highest BCUT2D eigenvalue weighted by Gasteiger charge is 2.29. The Balaban J connectivity index is 1.41. The number of nitrogens with one attached hydrogen (secondary N) is 2. The van der Waals surface area contributed by atoms with Crippen molar-refractivity contribution >= 4 is 12.0 Å². The molecular weight excluding hydrogens is 382 g/mol. The number of nitrogens with two attached hydrogens (primary N) is 1. The zero-order valence-electron chi connectivity index (χ0n) is 17.4. The van der Waals surface area contributed by atoms with Crippen LogP contribution in [-0.4, -0.2) is 44.0 Å². The van der Waals surface area contributed by atoms with E-state index >= 15 is 0 Å². The van der Waals surface area contributed by atoms with Crippen molar-refractivity contribution in [3.8, 4) is 11.1 Å². The van der Waals surface area contributed by atoms with E-state index in [0.29, 0.717) is 13.0 Å². The van der Waals surface area contributed by atoms with E-state index in [9.17, 15) is 9.59 Å². The van der Waals surface area contributed by atoms with Crippen molar-refractivity contribution < 1.29 is 19.1 Å². The fourth-order valence-corrected chi connectivity index (χ4v) is 3.40. The first-order valence-electron chi connectivity index (χ1n) is 10.1. The minimum Gasteiger partial charge on any atom is -0.449 e. The van der Waals surface area contributed by atoms with E-state index in [1.54, 1.807) is 0 Å². The highest BCUT2D eigenvalue weighted by molar-refractivity contribution is 5.82. The van der Waals surface area contributed by atoms with E-state index < -0.39 is 6.09 Å². The second-order valence-corrected chi connectivity index (χ2v) is 8.07. The average Bonchev–Trinajstić information content (AvgIpc) is 3.03. The van der Waals surface area contributed by atoms with E-state index in [1.807, 2.05) is 38.1 Å². The quantitative estimate of drug-likeness (QED) is 0.435. The lowest BCUT2D eigenvalue weighted by atomic mass is 9.98. The number of ether oxygens (including phenoxy) is 2. The van der Waals surface area contributed by atoms with E-state index in [4.69, 9.17) is 15.2 Å². The molecule has 0 saturated heterocycles. The molecule has 1 aliphatic rings. The van der Waals surface area contributed by atoms with Crippen LogP contribution in [0.5, 0.6) is 0 Å². The first-order valence-corrected chi connectivity index (χ1v) is 10.1. The number of carbonyl (C=O) groups excluding carboxylic acids is 2. The summed E-state index contributed by atoms with van der Waals surface area (Å²) in [6.45, 7) is 4.37.